The molecule has 0 fully saturated rings. The van der Waals surface area contributed by atoms with E-state index in [-0.39, 0.29) is 12.0 Å². The van der Waals surface area contributed by atoms with Crippen LogP contribution in [0.5, 0.6) is 5.75 Å². The number of carbonyl (C=O) groups excluding carboxylic acids is 1. The number of nitrogen functional groups attached to an aromatic ring is 1. The number of carbonyl (C=O) groups is 1. The number of aryl methyl sites for hydroxylation is 1. The SMILES string of the molecule is Cc1cc(N)cc2c1OCCN(C(=O)OCC1c3ccccc3-c3ccccc31)C2. The Morgan fingerprint density at radius 3 is 2.47 bits per heavy atom. The van der Waals surface area contributed by atoms with Gasteiger partial charge >= 0.3 is 6.09 Å². The van der Waals surface area contributed by atoms with Crippen LogP contribution in [0.3, 0.4) is 0 Å². The molecule has 2 aliphatic rings. The van der Waals surface area contributed by atoms with E-state index in [0.717, 1.165) is 16.9 Å². The van der Waals surface area contributed by atoms with Gasteiger partial charge in [-0.05, 0) is 46.9 Å². The second-order valence-corrected chi connectivity index (χ2v) is 7.90. The van der Waals surface area contributed by atoms with Crippen molar-refractivity contribution in [3.05, 3.63) is 82.9 Å². The molecule has 1 heterocycles. The van der Waals surface area contributed by atoms with Crippen LogP contribution in [-0.4, -0.2) is 30.8 Å². The third-order valence-electron chi connectivity index (χ3n) is 5.94. The van der Waals surface area contributed by atoms with Crippen LogP contribution in [0, 0.1) is 6.92 Å². The number of amides is 1. The highest BCUT2D eigenvalue weighted by Crippen LogP contribution is 2.44. The number of hydrogen-bond donors (Lipinski definition) is 1. The molecule has 1 aliphatic carbocycles. The van der Waals surface area contributed by atoms with Crippen molar-refractivity contribution in [3.63, 3.8) is 0 Å². The number of ether oxygens (including phenoxy) is 2. The van der Waals surface area contributed by atoms with Gasteiger partial charge in [0, 0.05) is 17.2 Å². The molecule has 1 amide bonds. The average Bonchev–Trinajstić information content (AvgIpc) is 2.89. The fraction of sp³-hybridized carbons (Fsp3) is 0.240. The van der Waals surface area contributed by atoms with E-state index in [1.165, 1.54) is 22.3 Å². The minimum absolute atomic E-state index is 0.0507. The number of benzene rings is 3. The first kappa shape index (κ1) is 18.6. The van der Waals surface area contributed by atoms with Gasteiger partial charge in [-0.3, -0.25) is 0 Å². The van der Waals surface area contributed by atoms with Gasteiger partial charge in [-0.2, -0.15) is 0 Å². The summed E-state index contributed by atoms with van der Waals surface area (Å²) >= 11 is 0. The molecule has 5 heteroatoms. The Bertz CT molecular complexity index is 1080. The zero-order valence-corrected chi connectivity index (χ0v) is 16.9. The maximum atomic E-state index is 12.9. The molecule has 0 aromatic heterocycles. The van der Waals surface area contributed by atoms with Crippen molar-refractivity contribution in [2.45, 2.75) is 19.4 Å². The Hall–Kier alpha value is -3.47. The molecule has 30 heavy (non-hydrogen) atoms. The zero-order chi connectivity index (χ0) is 20.7. The van der Waals surface area contributed by atoms with Crippen LogP contribution in [0.1, 0.15) is 28.2 Å². The van der Waals surface area contributed by atoms with Gasteiger partial charge in [0.1, 0.15) is 19.0 Å². The van der Waals surface area contributed by atoms with Crippen molar-refractivity contribution >= 4 is 11.8 Å². The summed E-state index contributed by atoms with van der Waals surface area (Å²) in [5.74, 6) is 0.868. The number of fused-ring (bicyclic) bond motifs is 4. The van der Waals surface area contributed by atoms with E-state index < -0.39 is 0 Å². The van der Waals surface area contributed by atoms with E-state index in [1.807, 2.05) is 43.3 Å². The van der Waals surface area contributed by atoms with Crippen LogP contribution >= 0.6 is 0 Å². The summed E-state index contributed by atoms with van der Waals surface area (Å²) in [6.45, 7) is 3.62. The Kier molecular flexibility index (Phi) is 4.58. The predicted octanol–water partition coefficient (Wildman–Crippen LogP) is 4.72. The molecule has 3 aromatic carbocycles. The monoisotopic (exact) mass is 400 g/mol. The standard InChI is InChI=1S/C25H24N2O3/c1-16-12-18(26)13-17-14-27(10-11-29-24(16)17)25(28)30-15-23-21-8-4-2-6-19(21)20-7-3-5-9-22(20)23/h2-9,12-13,23H,10-11,14-15,26H2,1H3. The lowest BCUT2D eigenvalue weighted by Gasteiger charge is -2.21. The molecule has 2 N–H and O–H groups in total. The van der Waals surface area contributed by atoms with Gasteiger partial charge in [-0.1, -0.05) is 48.5 Å². The van der Waals surface area contributed by atoms with E-state index in [1.54, 1.807) is 4.90 Å². The first-order valence-electron chi connectivity index (χ1n) is 10.2. The lowest BCUT2D eigenvalue weighted by atomic mass is 9.98. The first-order valence-corrected chi connectivity index (χ1v) is 10.2. The van der Waals surface area contributed by atoms with Gasteiger partial charge in [0.05, 0.1) is 13.1 Å². The lowest BCUT2D eigenvalue weighted by Crippen LogP contribution is -2.33. The molecule has 0 atom stereocenters. The molecular formula is C25H24N2O3. The lowest BCUT2D eigenvalue weighted by molar-refractivity contribution is 0.0947. The van der Waals surface area contributed by atoms with E-state index in [0.29, 0.717) is 32.0 Å². The summed E-state index contributed by atoms with van der Waals surface area (Å²) in [4.78, 5) is 14.6. The maximum absolute atomic E-state index is 12.9. The summed E-state index contributed by atoms with van der Waals surface area (Å²) in [5.41, 5.74) is 13.4. The van der Waals surface area contributed by atoms with Crippen molar-refractivity contribution in [3.8, 4) is 16.9 Å². The molecule has 5 nitrogen and oxygen atoms in total. The van der Waals surface area contributed by atoms with Gasteiger partial charge in [0.25, 0.3) is 0 Å². The molecule has 0 bridgehead atoms. The average molecular weight is 400 g/mol. The van der Waals surface area contributed by atoms with Crippen LogP contribution < -0.4 is 10.5 Å². The Labute approximate surface area is 176 Å². The summed E-state index contributed by atoms with van der Waals surface area (Å²) in [7, 11) is 0. The fourth-order valence-corrected chi connectivity index (χ4v) is 4.58. The van der Waals surface area contributed by atoms with E-state index >= 15 is 0 Å². The van der Waals surface area contributed by atoms with Gasteiger partial charge < -0.3 is 20.1 Å². The Morgan fingerprint density at radius 1 is 1.10 bits per heavy atom. The predicted molar refractivity (Wildman–Crippen MR) is 117 cm³/mol. The molecule has 1 aliphatic heterocycles. The van der Waals surface area contributed by atoms with Gasteiger partial charge in [-0.15, -0.1) is 0 Å². The molecule has 0 unspecified atom stereocenters. The van der Waals surface area contributed by atoms with Crippen molar-refractivity contribution < 1.29 is 14.3 Å². The molecule has 0 saturated carbocycles. The molecule has 0 saturated heterocycles. The second-order valence-electron chi connectivity index (χ2n) is 7.90. The number of nitrogens with zero attached hydrogens (tertiary/aromatic N) is 1. The van der Waals surface area contributed by atoms with Crippen molar-refractivity contribution in [1.82, 2.24) is 4.90 Å². The summed E-state index contributed by atoms with van der Waals surface area (Å²) in [5, 5.41) is 0. The van der Waals surface area contributed by atoms with Crippen molar-refractivity contribution in [1.29, 1.82) is 0 Å². The Morgan fingerprint density at radius 2 is 1.77 bits per heavy atom. The maximum Gasteiger partial charge on any atom is 0.410 e. The highest BCUT2D eigenvalue weighted by molar-refractivity contribution is 5.79. The van der Waals surface area contributed by atoms with Gasteiger partial charge in [-0.25, -0.2) is 4.79 Å². The van der Waals surface area contributed by atoms with Crippen LogP contribution in [0.2, 0.25) is 0 Å². The van der Waals surface area contributed by atoms with Crippen LogP contribution in [0.4, 0.5) is 10.5 Å². The molecule has 5 rings (SSSR count). The highest BCUT2D eigenvalue weighted by Gasteiger charge is 2.30. The quantitative estimate of drug-likeness (QED) is 0.632. The number of anilines is 1. The molecule has 152 valence electrons. The van der Waals surface area contributed by atoms with E-state index in [4.69, 9.17) is 15.2 Å². The van der Waals surface area contributed by atoms with E-state index in [2.05, 4.69) is 24.3 Å². The molecule has 0 spiro atoms. The third-order valence-corrected chi connectivity index (χ3v) is 5.94. The first-order chi connectivity index (χ1) is 14.6. The fourth-order valence-electron chi connectivity index (χ4n) is 4.58. The van der Waals surface area contributed by atoms with Crippen LogP contribution in [0.25, 0.3) is 11.1 Å². The minimum atomic E-state index is -0.326. The topological polar surface area (TPSA) is 64.8 Å². The van der Waals surface area contributed by atoms with Gasteiger partial charge in [0.15, 0.2) is 0 Å². The van der Waals surface area contributed by atoms with Crippen LogP contribution in [0.15, 0.2) is 60.7 Å². The summed E-state index contributed by atoms with van der Waals surface area (Å²) in [6, 6.07) is 20.4. The van der Waals surface area contributed by atoms with E-state index in [9.17, 15) is 4.79 Å². The minimum Gasteiger partial charge on any atom is -0.491 e. The molecule has 3 aromatic rings. The summed E-state index contributed by atoms with van der Waals surface area (Å²) < 4.78 is 11.7. The molecule has 0 radical (unpaired) electrons. The number of hydrogen-bond acceptors (Lipinski definition) is 4. The smallest absolute Gasteiger partial charge is 0.410 e. The second kappa shape index (κ2) is 7.41. The highest BCUT2D eigenvalue weighted by atomic mass is 16.6. The summed E-state index contributed by atoms with van der Waals surface area (Å²) in [6.07, 6.45) is -0.326. The van der Waals surface area contributed by atoms with Gasteiger partial charge in [0.2, 0.25) is 0 Å². The zero-order valence-electron chi connectivity index (χ0n) is 16.9. The Balaban J connectivity index is 1.34. The largest absolute Gasteiger partial charge is 0.491 e. The normalized spacial score (nSPS) is 14.9. The van der Waals surface area contributed by atoms with Crippen LogP contribution in [-0.2, 0) is 11.3 Å². The number of nitrogens with two attached hydrogens (primary N) is 1. The third kappa shape index (κ3) is 3.16. The van der Waals surface area contributed by atoms with Crippen molar-refractivity contribution in [2.75, 3.05) is 25.5 Å². The molecular weight excluding hydrogens is 376 g/mol. The number of rotatable bonds is 2. The van der Waals surface area contributed by atoms with Crippen molar-refractivity contribution in [2.24, 2.45) is 0 Å².